The van der Waals surface area contributed by atoms with Gasteiger partial charge in [0.2, 0.25) is 5.88 Å². The number of aromatic hydroxyl groups is 1. The van der Waals surface area contributed by atoms with E-state index >= 15 is 0 Å². The molecule has 22 heavy (non-hydrogen) atoms. The second kappa shape index (κ2) is 7.93. The van der Waals surface area contributed by atoms with Crippen LogP contribution < -0.4 is 0 Å². The standard InChI is InChI=1S/C17H18N2O3/c1-2-22-16(20)11-9-14-12-18-15(19-17(14)21)10-8-13-6-4-3-5-7-13/h3-8,10,12H,2,9,11H2,1H3,(H,18,19,21). The first-order valence-electron chi connectivity index (χ1n) is 7.12. The molecule has 0 saturated heterocycles. The van der Waals surface area contributed by atoms with Gasteiger partial charge in [-0.2, -0.15) is 4.98 Å². The number of nitrogens with zero attached hydrogens (tertiary/aromatic N) is 2. The maximum Gasteiger partial charge on any atom is 0.306 e. The van der Waals surface area contributed by atoms with Gasteiger partial charge in [-0.25, -0.2) is 4.98 Å². The summed E-state index contributed by atoms with van der Waals surface area (Å²) in [5, 5.41) is 9.89. The lowest BCUT2D eigenvalue weighted by atomic mass is 10.2. The minimum Gasteiger partial charge on any atom is -0.493 e. The quantitative estimate of drug-likeness (QED) is 0.830. The summed E-state index contributed by atoms with van der Waals surface area (Å²) in [5.41, 5.74) is 1.56. The minimum absolute atomic E-state index is 0.105. The first kappa shape index (κ1) is 15.7. The number of carbonyl (C=O) groups excluding carboxylic acids is 1. The lowest BCUT2D eigenvalue weighted by molar-refractivity contribution is -0.143. The monoisotopic (exact) mass is 298 g/mol. The van der Waals surface area contributed by atoms with Gasteiger partial charge in [-0.1, -0.05) is 36.4 Å². The number of carbonyl (C=O) groups is 1. The summed E-state index contributed by atoms with van der Waals surface area (Å²) in [5.74, 6) is 0.0168. The van der Waals surface area contributed by atoms with E-state index in [0.717, 1.165) is 5.56 Å². The normalized spacial score (nSPS) is 10.8. The molecule has 1 N–H and O–H groups in total. The summed E-state index contributed by atoms with van der Waals surface area (Å²) in [6, 6.07) is 9.75. The predicted molar refractivity (Wildman–Crippen MR) is 84.0 cm³/mol. The van der Waals surface area contributed by atoms with Crippen LogP contribution in [0.4, 0.5) is 0 Å². The Balaban J connectivity index is 2.00. The van der Waals surface area contributed by atoms with E-state index in [1.807, 2.05) is 36.4 Å². The lowest BCUT2D eigenvalue weighted by Crippen LogP contribution is -2.06. The molecule has 0 fully saturated rings. The molecule has 5 heteroatoms. The highest BCUT2D eigenvalue weighted by molar-refractivity contribution is 5.70. The topological polar surface area (TPSA) is 72.3 Å². The molecule has 2 aromatic rings. The summed E-state index contributed by atoms with van der Waals surface area (Å²) < 4.78 is 4.84. The van der Waals surface area contributed by atoms with Gasteiger partial charge >= 0.3 is 5.97 Å². The molecule has 0 aliphatic rings. The van der Waals surface area contributed by atoms with E-state index in [-0.39, 0.29) is 18.3 Å². The van der Waals surface area contributed by atoms with Crippen LogP contribution in [-0.4, -0.2) is 27.7 Å². The van der Waals surface area contributed by atoms with Crippen molar-refractivity contribution in [3.8, 4) is 5.88 Å². The van der Waals surface area contributed by atoms with E-state index in [1.165, 1.54) is 6.20 Å². The van der Waals surface area contributed by atoms with Crippen LogP contribution in [0.2, 0.25) is 0 Å². The molecule has 0 bridgehead atoms. The number of hydrogen-bond acceptors (Lipinski definition) is 5. The average molecular weight is 298 g/mol. The summed E-state index contributed by atoms with van der Waals surface area (Å²) in [6.45, 7) is 2.11. The Kier molecular flexibility index (Phi) is 5.65. The molecule has 114 valence electrons. The third-order valence-corrected chi connectivity index (χ3v) is 2.99. The van der Waals surface area contributed by atoms with Gasteiger partial charge < -0.3 is 9.84 Å². The van der Waals surface area contributed by atoms with E-state index < -0.39 is 0 Å². The fraction of sp³-hybridized carbons (Fsp3) is 0.235. The summed E-state index contributed by atoms with van der Waals surface area (Å²) >= 11 is 0. The van der Waals surface area contributed by atoms with E-state index in [1.54, 1.807) is 13.0 Å². The van der Waals surface area contributed by atoms with Gasteiger partial charge in [-0.05, 0) is 25.0 Å². The van der Waals surface area contributed by atoms with Crippen molar-refractivity contribution >= 4 is 18.1 Å². The van der Waals surface area contributed by atoms with Crippen LogP contribution in [0.25, 0.3) is 12.2 Å². The molecule has 0 spiro atoms. The van der Waals surface area contributed by atoms with Crippen LogP contribution in [0.3, 0.4) is 0 Å². The molecule has 0 saturated carbocycles. The van der Waals surface area contributed by atoms with E-state index in [4.69, 9.17) is 4.74 Å². The number of esters is 1. The van der Waals surface area contributed by atoms with Crippen LogP contribution >= 0.6 is 0 Å². The lowest BCUT2D eigenvalue weighted by Gasteiger charge is -2.04. The van der Waals surface area contributed by atoms with Gasteiger partial charge in [0.05, 0.1) is 6.61 Å². The van der Waals surface area contributed by atoms with Gasteiger partial charge in [0.25, 0.3) is 0 Å². The zero-order chi connectivity index (χ0) is 15.8. The fourth-order valence-corrected chi connectivity index (χ4v) is 1.87. The maximum atomic E-state index is 11.3. The van der Waals surface area contributed by atoms with E-state index in [2.05, 4.69) is 9.97 Å². The molecule has 1 aromatic carbocycles. The molecule has 1 aromatic heterocycles. The molecular weight excluding hydrogens is 280 g/mol. The summed E-state index contributed by atoms with van der Waals surface area (Å²) in [4.78, 5) is 19.5. The molecule has 0 radical (unpaired) electrons. The van der Waals surface area contributed by atoms with Gasteiger partial charge in [0, 0.05) is 18.2 Å². The molecule has 0 unspecified atom stereocenters. The summed E-state index contributed by atoms with van der Waals surface area (Å²) in [6.07, 6.45) is 5.68. The number of aromatic nitrogens is 2. The first-order valence-corrected chi connectivity index (χ1v) is 7.12. The second-order valence-corrected chi connectivity index (χ2v) is 4.63. The van der Waals surface area contributed by atoms with Gasteiger partial charge in [0.1, 0.15) is 0 Å². The molecule has 0 aliphatic carbocycles. The van der Waals surface area contributed by atoms with Crippen LogP contribution in [0, 0.1) is 0 Å². The van der Waals surface area contributed by atoms with Crippen molar-refractivity contribution < 1.29 is 14.6 Å². The zero-order valence-electron chi connectivity index (χ0n) is 12.4. The highest BCUT2D eigenvalue weighted by Crippen LogP contribution is 2.16. The Morgan fingerprint density at radius 3 is 2.73 bits per heavy atom. The third kappa shape index (κ3) is 4.70. The Labute approximate surface area is 129 Å². The van der Waals surface area contributed by atoms with Crippen molar-refractivity contribution in [3.05, 3.63) is 53.5 Å². The molecule has 0 atom stereocenters. The second-order valence-electron chi connectivity index (χ2n) is 4.63. The number of benzene rings is 1. The van der Waals surface area contributed by atoms with E-state index in [0.29, 0.717) is 24.4 Å². The zero-order valence-corrected chi connectivity index (χ0v) is 12.4. The average Bonchev–Trinajstić information content (AvgIpc) is 2.53. The molecule has 0 amide bonds. The van der Waals surface area contributed by atoms with Crippen molar-refractivity contribution in [1.82, 2.24) is 9.97 Å². The maximum absolute atomic E-state index is 11.3. The minimum atomic E-state index is -0.296. The SMILES string of the molecule is CCOC(=O)CCc1cnc(C=Cc2ccccc2)nc1O. The van der Waals surface area contributed by atoms with Crippen LogP contribution in [-0.2, 0) is 16.0 Å². The van der Waals surface area contributed by atoms with Crippen molar-refractivity contribution in [1.29, 1.82) is 0 Å². The Bertz CT molecular complexity index is 654. The predicted octanol–water partition coefficient (Wildman–Crippen LogP) is 2.85. The smallest absolute Gasteiger partial charge is 0.306 e. The fourth-order valence-electron chi connectivity index (χ4n) is 1.87. The van der Waals surface area contributed by atoms with Gasteiger partial charge in [0.15, 0.2) is 5.82 Å². The summed E-state index contributed by atoms with van der Waals surface area (Å²) in [7, 11) is 0. The third-order valence-electron chi connectivity index (χ3n) is 2.99. The van der Waals surface area contributed by atoms with Crippen molar-refractivity contribution in [3.63, 3.8) is 0 Å². The number of aryl methyl sites for hydroxylation is 1. The first-order chi connectivity index (χ1) is 10.7. The molecule has 2 rings (SSSR count). The van der Waals surface area contributed by atoms with E-state index in [9.17, 15) is 9.90 Å². The molecule has 0 aliphatic heterocycles. The van der Waals surface area contributed by atoms with Gasteiger partial charge in [-0.3, -0.25) is 4.79 Å². The van der Waals surface area contributed by atoms with Crippen molar-refractivity contribution in [2.75, 3.05) is 6.61 Å². The molecular formula is C17H18N2O3. The Morgan fingerprint density at radius 1 is 1.27 bits per heavy atom. The Morgan fingerprint density at radius 2 is 2.05 bits per heavy atom. The van der Waals surface area contributed by atoms with Crippen LogP contribution in [0.5, 0.6) is 5.88 Å². The highest BCUT2D eigenvalue weighted by atomic mass is 16.5. The Hall–Kier alpha value is -2.69. The van der Waals surface area contributed by atoms with Crippen LogP contribution in [0.15, 0.2) is 36.5 Å². The number of rotatable bonds is 6. The number of ether oxygens (including phenoxy) is 1. The highest BCUT2D eigenvalue weighted by Gasteiger charge is 2.08. The molecule has 5 nitrogen and oxygen atoms in total. The van der Waals surface area contributed by atoms with Crippen LogP contribution in [0.1, 0.15) is 30.3 Å². The number of hydrogen-bond donors (Lipinski definition) is 1. The molecule has 1 heterocycles. The largest absolute Gasteiger partial charge is 0.493 e. The van der Waals surface area contributed by atoms with Gasteiger partial charge in [-0.15, -0.1) is 0 Å². The van der Waals surface area contributed by atoms with Crippen molar-refractivity contribution in [2.24, 2.45) is 0 Å². The van der Waals surface area contributed by atoms with Crippen molar-refractivity contribution in [2.45, 2.75) is 19.8 Å².